The zero-order valence-corrected chi connectivity index (χ0v) is 12.9. The number of aromatic nitrogens is 2. The second-order valence-corrected chi connectivity index (χ2v) is 6.13. The van der Waals surface area contributed by atoms with E-state index in [0.29, 0.717) is 12.5 Å². The van der Waals surface area contributed by atoms with E-state index in [0.717, 1.165) is 57.8 Å². The molecule has 120 valence electrons. The van der Waals surface area contributed by atoms with Crippen LogP contribution >= 0.6 is 0 Å². The summed E-state index contributed by atoms with van der Waals surface area (Å²) < 4.78 is 0. The number of aliphatic imine (C=N–C) groups is 1. The molecule has 0 unspecified atom stereocenters. The van der Waals surface area contributed by atoms with Crippen LogP contribution in [-0.4, -0.2) is 64.3 Å². The van der Waals surface area contributed by atoms with Crippen molar-refractivity contribution >= 4 is 11.9 Å². The molecule has 7 heteroatoms. The van der Waals surface area contributed by atoms with E-state index in [1.165, 1.54) is 0 Å². The average Bonchev–Trinajstić information content (AvgIpc) is 3.01. The molecule has 22 heavy (non-hydrogen) atoms. The van der Waals surface area contributed by atoms with Crippen molar-refractivity contribution in [1.29, 1.82) is 0 Å². The van der Waals surface area contributed by atoms with Gasteiger partial charge in [-0.05, 0) is 18.9 Å². The first-order chi connectivity index (χ1) is 10.7. The Morgan fingerprint density at radius 2 is 1.82 bits per heavy atom. The van der Waals surface area contributed by atoms with E-state index in [1.54, 1.807) is 12.4 Å². The molecule has 7 nitrogen and oxygen atoms in total. The van der Waals surface area contributed by atoms with Crippen LogP contribution in [0.1, 0.15) is 25.7 Å². The summed E-state index contributed by atoms with van der Waals surface area (Å²) in [4.78, 5) is 17.2. The molecule has 0 radical (unpaired) electrons. The summed E-state index contributed by atoms with van der Waals surface area (Å²) in [5, 5.41) is 10.3. The lowest BCUT2D eigenvalue weighted by atomic mass is 10.0. The van der Waals surface area contributed by atoms with Crippen LogP contribution in [0.15, 0.2) is 23.5 Å². The Hall–Kier alpha value is -1.89. The minimum atomic E-state index is -0.635. The number of nitrogens with zero attached hydrogens (tertiary/aromatic N) is 5. The highest BCUT2D eigenvalue weighted by atomic mass is 16.3. The molecule has 2 aliphatic rings. The summed E-state index contributed by atoms with van der Waals surface area (Å²) >= 11 is 0. The van der Waals surface area contributed by atoms with Crippen molar-refractivity contribution in [1.82, 2.24) is 14.9 Å². The standard InChI is InChI=1S/C15H24N6O/c16-13(19-12-15(22)4-1-2-5-15)20-8-10-21(11-9-20)14-17-6-3-7-18-14/h3,6-7,22H,1-2,4-5,8-12H2,(H2,16,19). The number of nitrogens with two attached hydrogens (primary N) is 1. The first-order valence-corrected chi connectivity index (χ1v) is 7.96. The Balaban J connectivity index is 1.52. The van der Waals surface area contributed by atoms with Crippen LogP contribution in [0.4, 0.5) is 5.95 Å². The second-order valence-electron chi connectivity index (χ2n) is 6.13. The molecule has 1 aliphatic carbocycles. The molecule has 3 rings (SSSR count). The molecule has 0 atom stereocenters. The summed E-state index contributed by atoms with van der Waals surface area (Å²) in [5.41, 5.74) is 5.45. The molecule has 1 aromatic rings. The van der Waals surface area contributed by atoms with Crippen LogP contribution in [0.5, 0.6) is 0 Å². The number of hydrogen-bond acceptors (Lipinski definition) is 5. The van der Waals surface area contributed by atoms with Gasteiger partial charge in [-0.15, -0.1) is 0 Å². The zero-order valence-electron chi connectivity index (χ0n) is 12.9. The largest absolute Gasteiger partial charge is 0.388 e. The average molecular weight is 304 g/mol. The maximum absolute atomic E-state index is 10.3. The third kappa shape index (κ3) is 3.47. The van der Waals surface area contributed by atoms with E-state index < -0.39 is 5.60 Å². The highest BCUT2D eigenvalue weighted by molar-refractivity contribution is 5.78. The minimum Gasteiger partial charge on any atom is -0.388 e. The quantitative estimate of drug-likeness (QED) is 0.613. The fourth-order valence-electron chi connectivity index (χ4n) is 3.11. The van der Waals surface area contributed by atoms with Crippen LogP contribution in [-0.2, 0) is 0 Å². The van der Waals surface area contributed by atoms with Gasteiger partial charge in [-0.3, -0.25) is 4.99 Å². The predicted octanol–water partition coefficient (Wildman–Crippen LogP) is 0.218. The zero-order chi connectivity index (χ0) is 15.4. The smallest absolute Gasteiger partial charge is 0.225 e. The van der Waals surface area contributed by atoms with E-state index in [-0.39, 0.29) is 0 Å². The van der Waals surface area contributed by atoms with Gasteiger partial charge in [-0.2, -0.15) is 0 Å². The summed E-state index contributed by atoms with van der Waals surface area (Å²) in [7, 11) is 0. The van der Waals surface area contributed by atoms with Gasteiger partial charge in [-0.1, -0.05) is 12.8 Å². The second kappa shape index (κ2) is 6.48. The van der Waals surface area contributed by atoms with E-state index in [4.69, 9.17) is 5.73 Å². The summed E-state index contributed by atoms with van der Waals surface area (Å²) in [6, 6.07) is 1.82. The molecule has 2 heterocycles. The highest BCUT2D eigenvalue weighted by Crippen LogP contribution is 2.29. The van der Waals surface area contributed by atoms with E-state index >= 15 is 0 Å². The Morgan fingerprint density at radius 1 is 1.18 bits per heavy atom. The molecule has 1 saturated carbocycles. The van der Waals surface area contributed by atoms with Gasteiger partial charge >= 0.3 is 0 Å². The van der Waals surface area contributed by atoms with Crippen LogP contribution in [0.2, 0.25) is 0 Å². The van der Waals surface area contributed by atoms with E-state index in [1.807, 2.05) is 6.07 Å². The van der Waals surface area contributed by atoms with Gasteiger partial charge in [0.25, 0.3) is 0 Å². The SMILES string of the molecule is NC(=NCC1(O)CCCC1)N1CCN(c2ncccn2)CC1. The van der Waals surface area contributed by atoms with Crippen molar-refractivity contribution in [3.05, 3.63) is 18.5 Å². The summed E-state index contributed by atoms with van der Waals surface area (Å²) in [6.45, 7) is 3.66. The Bertz CT molecular complexity index is 506. The van der Waals surface area contributed by atoms with Crippen LogP contribution < -0.4 is 10.6 Å². The maximum Gasteiger partial charge on any atom is 0.225 e. The minimum absolute atomic E-state index is 0.418. The molecule has 1 aliphatic heterocycles. The fourth-order valence-corrected chi connectivity index (χ4v) is 3.11. The van der Waals surface area contributed by atoms with Crippen molar-refractivity contribution < 1.29 is 5.11 Å². The molecule has 3 N–H and O–H groups in total. The van der Waals surface area contributed by atoms with Crippen molar-refractivity contribution in [3.63, 3.8) is 0 Å². The first-order valence-electron chi connectivity index (χ1n) is 7.96. The van der Waals surface area contributed by atoms with Gasteiger partial charge in [0.05, 0.1) is 12.1 Å². The number of piperazine rings is 1. The molecule has 0 amide bonds. The molecule has 2 fully saturated rings. The lowest BCUT2D eigenvalue weighted by Gasteiger charge is -2.35. The summed E-state index contributed by atoms with van der Waals surface area (Å²) in [5.74, 6) is 1.30. The first kappa shape index (κ1) is 15.0. The molecule has 1 saturated heterocycles. The molecular formula is C15H24N6O. The third-order valence-electron chi connectivity index (χ3n) is 4.51. The Kier molecular flexibility index (Phi) is 4.42. The lowest BCUT2D eigenvalue weighted by molar-refractivity contribution is 0.0572. The molecule has 0 aromatic carbocycles. The van der Waals surface area contributed by atoms with Gasteiger partial charge < -0.3 is 20.6 Å². The molecule has 0 spiro atoms. The highest BCUT2D eigenvalue weighted by Gasteiger charge is 2.31. The monoisotopic (exact) mass is 304 g/mol. The third-order valence-corrected chi connectivity index (χ3v) is 4.51. The van der Waals surface area contributed by atoms with Gasteiger partial charge in [0, 0.05) is 38.6 Å². The van der Waals surface area contributed by atoms with Crippen molar-refractivity contribution in [2.75, 3.05) is 37.6 Å². The van der Waals surface area contributed by atoms with Gasteiger partial charge in [0.2, 0.25) is 5.95 Å². The maximum atomic E-state index is 10.3. The lowest BCUT2D eigenvalue weighted by Crippen LogP contribution is -2.52. The Labute approximate surface area is 130 Å². The van der Waals surface area contributed by atoms with Crippen molar-refractivity contribution in [2.24, 2.45) is 10.7 Å². The van der Waals surface area contributed by atoms with Crippen LogP contribution in [0.3, 0.4) is 0 Å². The van der Waals surface area contributed by atoms with Crippen LogP contribution in [0.25, 0.3) is 0 Å². The fraction of sp³-hybridized carbons (Fsp3) is 0.667. The van der Waals surface area contributed by atoms with Gasteiger partial charge in [0.1, 0.15) is 0 Å². The number of rotatable bonds is 3. The van der Waals surface area contributed by atoms with Gasteiger partial charge in [-0.25, -0.2) is 9.97 Å². The summed E-state index contributed by atoms with van der Waals surface area (Å²) in [6.07, 6.45) is 7.36. The number of anilines is 1. The van der Waals surface area contributed by atoms with Crippen LogP contribution in [0, 0.1) is 0 Å². The normalized spacial score (nSPS) is 22.1. The van der Waals surface area contributed by atoms with Crippen molar-refractivity contribution in [3.8, 4) is 0 Å². The molecule has 1 aromatic heterocycles. The Morgan fingerprint density at radius 3 is 2.45 bits per heavy atom. The number of guanidine groups is 1. The van der Waals surface area contributed by atoms with Crippen molar-refractivity contribution in [2.45, 2.75) is 31.3 Å². The molecule has 0 bridgehead atoms. The number of hydrogen-bond donors (Lipinski definition) is 2. The van der Waals surface area contributed by atoms with E-state index in [2.05, 4.69) is 24.8 Å². The topological polar surface area (TPSA) is 90.9 Å². The predicted molar refractivity (Wildman–Crippen MR) is 85.7 cm³/mol. The number of aliphatic hydroxyl groups is 1. The van der Waals surface area contributed by atoms with Gasteiger partial charge in [0.15, 0.2) is 5.96 Å². The van der Waals surface area contributed by atoms with E-state index in [9.17, 15) is 5.11 Å². The molecular weight excluding hydrogens is 280 g/mol.